The van der Waals surface area contributed by atoms with Crippen LogP contribution in [0.4, 0.5) is 0 Å². The molecule has 1 aliphatic heterocycles. The van der Waals surface area contributed by atoms with Gasteiger partial charge in [0.2, 0.25) is 0 Å². The normalized spacial score (nSPS) is 18.8. The van der Waals surface area contributed by atoms with Crippen molar-refractivity contribution in [2.75, 3.05) is 0 Å². The number of rotatable bonds is 4. The zero-order valence-electron chi connectivity index (χ0n) is 16.4. The minimum Gasteiger partial charge on any atom is -0.487 e. The van der Waals surface area contributed by atoms with Crippen molar-refractivity contribution in [2.24, 2.45) is 0 Å². The highest BCUT2D eigenvalue weighted by atomic mass is 35.5. The molecular formula is C22H26ClNO3. The van der Waals surface area contributed by atoms with Gasteiger partial charge >= 0.3 is 0 Å². The van der Waals surface area contributed by atoms with Crippen LogP contribution in [0, 0.1) is 13.8 Å². The van der Waals surface area contributed by atoms with E-state index in [4.69, 9.17) is 21.1 Å². The van der Waals surface area contributed by atoms with E-state index in [1.54, 1.807) is 19.1 Å². The van der Waals surface area contributed by atoms with Crippen molar-refractivity contribution in [1.29, 1.82) is 0 Å². The predicted molar refractivity (Wildman–Crippen MR) is 108 cm³/mol. The number of aryl methyl sites for hydroxylation is 2. The van der Waals surface area contributed by atoms with Crippen LogP contribution in [0.3, 0.4) is 0 Å². The van der Waals surface area contributed by atoms with Crippen LogP contribution in [0.1, 0.15) is 49.9 Å². The predicted octanol–water partition coefficient (Wildman–Crippen LogP) is 5.14. The largest absolute Gasteiger partial charge is 0.487 e. The van der Waals surface area contributed by atoms with Gasteiger partial charge in [-0.05, 0) is 64.4 Å². The van der Waals surface area contributed by atoms with E-state index in [9.17, 15) is 4.79 Å². The summed E-state index contributed by atoms with van der Waals surface area (Å²) in [4.78, 5) is 12.8. The first kappa shape index (κ1) is 19.6. The molecule has 4 nitrogen and oxygen atoms in total. The summed E-state index contributed by atoms with van der Waals surface area (Å²) >= 11 is 6.05. The Bertz CT molecular complexity index is 863. The molecule has 0 bridgehead atoms. The summed E-state index contributed by atoms with van der Waals surface area (Å²) in [6.07, 6.45) is 0.0758. The van der Waals surface area contributed by atoms with Crippen molar-refractivity contribution >= 4 is 17.5 Å². The van der Waals surface area contributed by atoms with Crippen LogP contribution in [-0.4, -0.2) is 17.6 Å². The molecule has 0 spiro atoms. The smallest absolute Gasteiger partial charge is 0.261 e. The van der Waals surface area contributed by atoms with Gasteiger partial charge in [-0.2, -0.15) is 0 Å². The van der Waals surface area contributed by atoms with Gasteiger partial charge in [0.15, 0.2) is 6.10 Å². The first-order valence-corrected chi connectivity index (χ1v) is 9.55. The summed E-state index contributed by atoms with van der Waals surface area (Å²) in [7, 11) is 0. The lowest BCUT2D eigenvalue weighted by Gasteiger charge is -2.38. The van der Waals surface area contributed by atoms with Gasteiger partial charge in [0.05, 0.1) is 6.04 Å². The van der Waals surface area contributed by atoms with E-state index < -0.39 is 6.10 Å². The SMILES string of the molecule is Cc1ccc2c(c1)[C@H](NC(=O)[C@@H](C)Oc1ccc(Cl)c(C)c1)CC(C)(C)O2. The number of amides is 1. The van der Waals surface area contributed by atoms with Crippen LogP contribution in [0.15, 0.2) is 36.4 Å². The lowest BCUT2D eigenvalue weighted by molar-refractivity contribution is -0.128. The van der Waals surface area contributed by atoms with Crippen LogP contribution < -0.4 is 14.8 Å². The summed E-state index contributed by atoms with van der Waals surface area (Å²) in [5.41, 5.74) is 2.71. The van der Waals surface area contributed by atoms with Crippen molar-refractivity contribution in [1.82, 2.24) is 5.32 Å². The summed E-state index contributed by atoms with van der Waals surface area (Å²) < 4.78 is 11.9. The molecule has 144 valence electrons. The first-order valence-electron chi connectivity index (χ1n) is 9.17. The standard InChI is InChI=1S/C22H26ClNO3/c1-13-6-9-20-17(10-13)19(12-22(4,5)27-20)24-21(25)15(3)26-16-7-8-18(23)14(2)11-16/h6-11,15,19H,12H2,1-5H3,(H,24,25)/t15-,19-/m1/s1. The van der Waals surface area contributed by atoms with E-state index in [0.717, 1.165) is 22.4 Å². The second-order valence-corrected chi connectivity index (χ2v) is 8.25. The van der Waals surface area contributed by atoms with Crippen molar-refractivity contribution in [3.8, 4) is 11.5 Å². The molecule has 1 aliphatic rings. The fourth-order valence-electron chi connectivity index (χ4n) is 3.34. The van der Waals surface area contributed by atoms with E-state index in [1.165, 1.54) is 0 Å². The Morgan fingerprint density at radius 2 is 2.00 bits per heavy atom. The third-order valence-electron chi connectivity index (χ3n) is 4.75. The monoisotopic (exact) mass is 387 g/mol. The van der Waals surface area contributed by atoms with Gasteiger partial charge in [-0.15, -0.1) is 0 Å². The Kier molecular flexibility index (Phi) is 5.38. The summed E-state index contributed by atoms with van der Waals surface area (Å²) in [5, 5.41) is 3.81. The van der Waals surface area contributed by atoms with Crippen LogP contribution >= 0.6 is 11.6 Å². The maximum Gasteiger partial charge on any atom is 0.261 e. The average molecular weight is 388 g/mol. The lowest BCUT2D eigenvalue weighted by atomic mass is 9.89. The van der Waals surface area contributed by atoms with Gasteiger partial charge < -0.3 is 14.8 Å². The van der Waals surface area contributed by atoms with E-state index >= 15 is 0 Å². The second kappa shape index (κ2) is 7.43. The lowest BCUT2D eigenvalue weighted by Crippen LogP contribution is -2.44. The maximum atomic E-state index is 12.8. The number of nitrogens with one attached hydrogen (secondary N) is 1. The molecule has 0 saturated heterocycles. The minimum atomic E-state index is -0.621. The molecule has 1 amide bonds. The molecule has 3 rings (SSSR count). The Morgan fingerprint density at radius 3 is 2.70 bits per heavy atom. The number of benzene rings is 2. The van der Waals surface area contributed by atoms with Crippen LogP contribution in [0.25, 0.3) is 0 Å². The molecule has 0 fully saturated rings. The van der Waals surface area contributed by atoms with Crippen molar-refractivity contribution in [3.63, 3.8) is 0 Å². The number of carbonyl (C=O) groups is 1. The summed E-state index contributed by atoms with van der Waals surface area (Å²) in [5.74, 6) is 1.30. The van der Waals surface area contributed by atoms with Crippen molar-refractivity contribution in [3.05, 3.63) is 58.1 Å². The third-order valence-corrected chi connectivity index (χ3v) is 5.17. The second-order valence-electron chi connectivity index (χ2n) is 7.84. The van der Waals surface area contributed by atoms with Gasteiger partial charge in [0.25, 0.3) is 5.91 Å². The minimum absolute atomic E-state index is 0.117. The quantitative estimate of drug-likeness (QED) is 0.789. The van der Waals surface area contributed by atoms with Gasteiger partial charge in [-0.1, -0.05) is 29.3 Å². The third kappa shape index (κ3) is 4.56. The molecule has 1 N–H and O–H groups in total. The van der Waals surface area contributed by atoms with E-state index in [0.29, 0.717) is 17.2 Å². The van der Waals surface area contributed by atoms with Gasteiger partial charge in [0, 0.05) is 17.0 Å². The highest BCUT2D eigenvalue weighted by Crippen LogP contribution is 2.39. The molecule has 1 heterocycles. The maximum absolute atomic E-state index is 12.8. The topological polar surface area (TPSA) is 47.6 Å². The number of carbonyl (C=O) groups excluding carboxylic acids is 1. The molecule has 2 aromatic rings. The van der Waals surface area contributed by atoms with Gasteiger partial charge in [-0.25, -0.2) is 0 Å². The van der Waals surface area contributed by atoms with Crippen molar-refractivity contribution < 1.29 is 14.3 Å². The zero-order valence-corrected chi connectivity index (χ0v) is 17.2. The van der Waals surface area contributed by atoms with Crippen molar-refractivity contribution in [2.45, 2.75) is 58.8 Å². The van der Waals surface area contributed by atoms with E-state index in [2.05, 4.69) is 11.4 Å². The molecule has 2 atom stereocenters. The zero-order chi connectivity index (χ0) is 19.8. The number of fused-ring (bicyclic) bond motifs is 1. The van der Waals surface area contributed by atoms with E-state index in [1.807, 2.05) is 45.9 Å². The number of hydrogen-bond acceptors (Lipinski definition) is 3. The van der Waals surface area contributed by atoms with Gasteiger partial charge in [-0.3, -0.25) is 4.79 Å². The number of hydrogen-bond donors (Lipinski definition) is 1. The molecule has 0 radical (unpaired) electrons. The molecule has 0 saturated carbocycles. The fourth-order valence-corrected chi connectivity index (χ4v) is 3.46. The Morgan fingerprint density at radius 1 is 1.26 bits per heavy atom. The Balaban J connectivity index is 1.74. The average Bonchev–Trinajstić information content (AvgIpc) is 2.58. The van der Waals surface area contributed by atoms with E-state index in [-0.39, 0.29) is 17.6 Å². The highest BCUT2D eigenvalue weighted by molar-refractivity contribution is 6.31. The molecule has 0 aromatic heterocycles. The van der Waals surface area contributed by atoms with Crippen LogP contribution in [-0.2, 0) is 4.79 Å². The number of ether oxygens (including phenoxy) is 2. The van der Waals surface area contributed by atoms with Crippen LogP contribution in [0.5, 0.6) is 11.5 Å². The molecule has 0 aliphatic carbocycles. The number of halogens is 1. The van der Waals surface area contributed by atoms with Crippen LogP contribution in [0.2, 0.25) is 5.02 Å². The highest BCUT2D eigenvalue weighted by Gasteiger charge is 2.35. The van der Waals surface area contributed by atoms with Gasteiger partial charge in [0.1, 0.15) is 17.1 Å². The molecule has 0 unspecified atom stereocenters. The molecule has 2 aromatic carbocycles. The molecule has 5 heteroatoms. The summed E-state index contributed by atoms with van der Waals surface area (Å²) in [6.45, 7) is 9.76. The first-order chi connectivity index (χ1) is 12.6. The Labute approximate surface area is 165 Å². The Hall–Kier alpha value is -2.20. The summed E-state index contributed by atoms with van der Waals surface area (Å²) in [6, 6.07) is 11.3. The molecule has 27 heavy (non-hydrogen) atoms. The fraction of sp³-hybridized carbons (Fsp3) is 0.409. The molecular weight excluding hydrogens is 362 g/mol.